The maximum absolute atomic E-state index is 11.2. The number of hydrogen-bond acceptors (Lipinski definition) is 4. The SMILES string of the molecule is COc1ccc(C(O)c2ccc3c4c(cccc24)CC3)cc1[N+](=O)[O-]. The van der Waals surface area contributed by atoms with E-state index in [-0.39, 0.29) is 11.4 Å². The Labute approximate surface area is 144 Å². The van der Waals surface area contributed by atoms with Crippen molar-refractivity contribution in [3.8, 4) is 5.75 Å². The number of aryl methyl sites for hydroxylation is 2. The zero-order chi connectivity index (χ0) is 17.6. The van der Waals surface area contributed by atoms with E-state index in [0.717, 1.165) is 23.8 Å². The lowest BCUT2D eigenvalue weighted by Gasteiger charge is -2.16. The molecule has 0 radical (unpaired) electrons. The smallest absolute Gasteiger partial charge is 0.311 e. The van der Waals surface area contributed by atoms with Crippen LogP contribution in [0.1, 0.15) is 28.4 Å². The molecular formula is C20H17NO4. The third kappa shape index (κ3) is 2.44. The van der Waals surface area contributed by atoms with E-state index in [1.807, 2.05) is 18.2 Å². The average molecular weight is 335 g/mol. The molecule has 1 aliphatic rings. The number of ether oxygens (including phenoxy) is 1. The van der Waals surface area contributed by atoms with E-state index >= 15 is 0 Å². The van der Waals surface area contributed by atoms with Gasteiger partial charge in [0.15, 0.2) is 5.75 Å². The molecule has 0 saturated carbocycles. The van der Waals surface area contributed by atoms with Gasteiger partial charge in [-0.05, 0) is 51.9 Å². The minimum atomic E-state index is -0.936. The van der Waals surface area contributed by atoms with Crippen LogP contribution in [0.25, 0.3) is 10.8 Å². The van der Waals surface area contributed by atoms with Crippen molar-refractivity contribution in [2.24, 2.45) is 0 Å². The highest BCUT2D eigenvalue weighted by atomic mass is 16.6. The zero-order valence-electron chi connectivity index (χ0n) is 13.7. The molecule has 0 spiro atoms. The number of aliphatic hydroxyl groups is 1. The summed E-state index contributed by atoms with van der Waals surface area (Å²) in [5.74, 6) is 0.182. The summed E-state index contributed by atoms with van der Waals surface area (Å²) in [7, 11) is 1.39. The van der Waals surface area contributed by atoms with Gasteiger partial charge in [0.25, 0.3) is 0 Å². The summed E-state index contributed by atoms with van der Waals surface area (Å²) >= 11 is 0. The molecule has 0 bridgehead atoms. The lowest BCUT2D eigenvalue weighted by Crippen LogP contribution is -2.03. The topological polar surface area (TPSA) is 72.6 Å². The number of methoxy groups -OCH3 is 1. The summed E-state index contributed by atoms with van der Waals surface area (Å²) in [4.78, 5) is 10.7. The van der Waals surface area contributed by atoms with Crippen LogP contribution in [0, 0.1) is 10.1 Å². The summed E-state index contributed by atoms with van der Waals surface area (Å²) in [6.45, 7) is 0. The van der Waals surface area contributed by atoms with Crippen molar-refractivity contribution in [3.63, 3.8) is 0 Å². The maximum Gasteiger partial charge on any atom is 0.311 e. The van der Waals surface area contributed by atoms with Crippen molar-refractivity contribution in [2.45, 2.75) is 18.9 Å². The van der Waals surface area contributed by atoms with Gasteiger partial charge in [0.05, 0.1) is 12.0 Å². The molecule has 1 unspecified atom stereocenters. The Balaban J connectivity index is 1.85. The van der Waals surface area contributed by atoms with Crippen LogP contribution in [0.5, 0.6) is 5.75 Å². The van der Waals surface area contributed by atoms with Crippen molar-refractivity contribution in [2.75, 3.05) is 7.11 Å². The molecule has 1 atom stereocenters. The second-order valence-electron chi connectivity index (χ2n) is 6.24. The molecule has 0 aromatic heterocycles. The maximum atomic E-state index is 11.2. The highest BCUT2D eigenvalue weighted by Gasteiger charge is 2.23. The minimum Gasteiger partial charge on any atom is -0.490 e. The molecule has 1 N–H and O–H groups in total. The Kier molecular flexibility index (Phi) is 3.66. The monoisotopic (exact) mass is 335 g/mol. The molecule has 0 saturated heterocycles. The summed E-state index contributed by atoms with van der Waals surface area (Å²) in [5.41, 5.74) is 3.68. The van der Waals surface area contributed by atoms with Crippen LogP contribution in [0.2, 0.25) is 0 Å². The fraction of sp³-hybridized carbons (Fsp3) is 0.200. The van der Waals surface area contributed by atoms with Gasteiger partial charge >= 0.3 is 5.69 Å². The second kappa shape index (κ2) is 5.86. The van der Waals surface area contributed by atoms with Gasteiger partial charge in [-0.15, -0.1) is 0 Å². The zero-order valence-corrected chi connectivity index (χ0v) is 13.7. The standard InChI is InChI=1S/C20H17NO4/c1-25-18-10-8-14(11-17(18)21(23)24)20(22)16-9-7-13-6-5-12-3-2-4-15(16)19(12)13/h2-4,7-11,20,22H,5-6H2,1H3. The highest BCUT2D eigenvalue weighted by Crippen LogP contribution is 2.38. The number of nitro groups is 1. The third-order valence-corrected chi connectivity index (χ3v) is 4.92. The number of nitro benzene ring substituents is 1. The number of hydrogen-bond donors (Lipinski definition) is 1. The minimum absolute atomic E-state index is 0.148. The molecule has 5 nitrogen and oxygen atoms in total. The largest absolute Gasteiger partial charge is 0.490 e. The third-order valence-electron chi connectivity index (χ3n) is 4.92. The van der Waals surface area contributed by atoms with Crippen molar-refractivity contribution in [1.29, 1.82) is 0 Å². The van der Waals surface area contributed by atoms with Crippen LogP contribution in [-0.2, 0) is 12.8 Å². The fourth-order valence-electron chi connectivity index (χ4n) is 3.71. The average Bonchev–Trinajstić information content (AvgIpc) is 3.06. The molecule has 25 heavy (non-hydrogen) atoms. The lowest BCUT2D eigenvalue weighted by molar-refractivity contribution is -0.385. The normalized spacial score (nSPS) is 13.8. The molecule has 5 heteroatoms. The van der Waals surface area contributed by atoms with Crippen molar-refractivity contribution < 1.29 is 14.8 Å². The molecule has 3 aromatic rings. The van der Waals surface area contributed by atoms with Gasteiger partial charge in [-0.2, -0.15) is 0 Å². The molecule has 0 aliphatic heterocycles. The van der Waals surface area contributed by atoms with Gasteiger partial charge < -0.3 is 9.84 Å². The Morgan fingerprint density at radius 2 is 1.88 bits per heavy atom. The van der Waals surface area contributed by atoms with Gasteiger partial charge in [0.1, 0.15) is 6.10 Å². The Morgan fingerprint density at radius 1 is 1.12 bits per heavy atom. The van der Waals surface area contributed by atoms with E-state index in [1.165, 1.54) is 35.8 Å². The summed E-state index contributed by atoms with van der Waals surface area (Å²) in [5, 5.41) is 24.4. The quantitative estimate of drug-likeness (QED) is 0.579. The molecule has 4 rings (SSSR count). The molecular weight excluding hydrogens is 318 g/mol. The van der Waals surface area contributed by atoms with E-state index in [0.29, 0.717) is 5.56 Å². The Morgan fingerprint density at radius 3 is 2.60 bits per heavy atom. The molecule has 0 fully saturated rings. The van der Waals surface area contributed by atoms with E-state index < -0.39 is 11.0 Å². The first-order valence-corrected chi connectivity index (χ1v) is 8.14. The first-order valence-electron chi connectivity index (χ1n) is 8.14. The predicted molar refractivity (Wildman–Crippen MR) is 95.1 cm³/mol. The lowest BCUT2D eigenvalue weighted by atomic mass is 9.93. The first-order chi connectivity index (χ1) is 12.1. The highest BCUT2D eigenvalue weighted by molar-refractivity contribution is 5.93. The summed E-state index contributed by atoms with van der Waals surface area (Å²) < 4.78 is 5.03. The number of benzene rings is 3. The van der Waals surface area contributed by atoms with E-state index in [1.54, 1.807) is 6.07 Å². The summed E-state index contributed by atoms with van der Waals surface area (Å²) in [6, 6.07) is 14.7. The molecule has 3 aromatic carbocycles. The van der Waals surface area contributed by atoms with Crippen LogP contribution in [0.15, 0.2) is 48.5 Å². The van der Waals surface area contributed by atoms with Crippen LogP contribution in [0.4, 0.5) is 5.69 Å². The van der Waals surface area contributed by atoms with Crippen molar-refractivity contribution >= 4 is 16.5 Å². The van der Waals surface area contributed by atoms with Crippen LogP contribution < -0.4 is 4.74 Å². The molecule has 1 aliphatic carbocycles. The van der Waals surface area contributed by atoms with Gasteiger partial charge in [-0.25, -0.2) is 0 Å². The number of nitrogens with zero attached hydrogens (tertiary/aromatic N) is 1. The van der Waals surface area contributed by atoms with Gasteiger partial charge in [-0.3, -0.25) is 10.1 Å². The van der Waals surface area contributed by atoms with Gasteiger partial charge in [0.2, 0.25) is 0 Å². The van der Waals surface area contributed by atoms with Crippen LogP contribution in [0.3, 0.4) is 0 Å². The van der Waals surface area contributed by atoms with Crippen molar-refractivity contribution in [3.05, 3.63) is 80.9 Å². The van der Waals surface area contributed by atoms with Crippen LogP contribution in [-0.4, -0.2) is 17.1 Å². The van der Waals surface area contributed by atoms with Gasteiger partial charge in [0, 0.05) is 6.07 Å². The predicted octanol–water partition coefficient (Wildman–Crippen LogP) is 3.94. The second-order valence-corrected chi connectivity index (χ2v) is 6.24. The molecule has 0 heterocycles. The molecule has 0 amide bonds. The van der Waals surface area contributed by atoms with E-state index in [4.69, 9.17) is 4.74 Å². The van der Waals surface area contributed by atoms with Gasteiger partial charge in [-0.1, -0.05) is 36.4 Å². The Hall–Kier alpha value is -2.92. The number of rotatable bonds is 4. The van der Waals surface area contributed by atoms with Crippen molar-refractivity contribution in [1.82, 2.24) is 0 Å². The fourth-order valence-corrected chi connectivity index (χ4v) is 3.71. The van der Waals surface area contributed by atoms with Crippen LogP contribution >= 0.6 is 0 Å². The summed E-state index contributed by atoms with van der Waals surface area (Å²) in [6.07, 6.45) is 1.09. The number of aliphatic hydroxyl groups excluding tert-OH is 1. The first kappa shape index (κ1) is 15.6. The van der Waals surface area contributed by atoms with E-state index in [2.05, 4.69) is 12.1 Å². The Bertz CT molecular complexity index is 986. The van der Waals surface area contributed by atoms with E-state index in [9.17, 15) is 15.2 Å². The molecule has 126 valence electrons.